The molecule has 1 fully saturated rings. The van der Waals surface area contributed by atoms with Crippen molar-refractivity contribution in [2.24, 2.45) is 5.92 Å². The maximum Gasteiger partial charge on any atom is 0.348 e. The molecule has 1 aromatic carbocycles. The number of H-pyrrole nitrogens is 1. The number of aromatic amines is 1. The Bertz CT molecular complexity index is 1310. The van der Waals surface area contributed by atoms with Crippen LogP contribution in [0, 0.1) is 5.92 Å². The standard InChI is InChI=1S/C23H25N3O5S.ClH/c1-30-17-5-3-4-14-13(17)7-6-12-11-24-15(19(12)14)8-9-26-21(27)20-16(25-23(26)29)10-18(32-20)22(28)31-2;/h3-5,10,12,15,19,24H,6-9,11H2,1-2H3,(H,25,29);1H/t12-,15?,19+;/m0./s1. The van der Waals surface area contributed by atoms with Crippen LogP contribution < -0.4 is 21.3 Å². The Morgan fingerprint density at radius 2 is 2.09 bits per heavy atom. The van der Waals surface area contributed by atoms with E-state index in [4.69, 9.17) is 9.47 Å². The number of carbonyl (C=O) groups is 1. The van der Waals surface area contributed by atoms with Gasteiger partial charge in [-0.25, -0.2) is 9.59 Å². The predicted octanol–water partition coefficient (Wildman–Crippen LogP) is 2.68. The lowest BCUT2D eigenvalue weighted by atomic mass is 9.73. The largest absolute Gasteiger partial charge is 0.496 e. The number of hydrogen-bond donors (Lipinski definition) is 2. The maximum atomic E-state index is 13.0. The van der Waals surface area contributed by atoms with Gasteiger partial charge in [-0.15, -0.1) is 23.7 Å². The summed E-state index contributed by atoms with van der Waals surface area (Å²) in [6.07, 6.45) is 2.76. The zero-order valence-electron chi connectivity index (χ0n) is 18.4. The molecule has 2 N–H and O–H groups in total. The van der Waals surface area contributed by atoms with E-state index < -0.39 is 11.7 Å². The first-order chi connectivity index (χ1) is 15.5. The number of hydrogen-bond acceptors (Lipinski definition) is 7. The molecular weight excluding hydrogens is 466 g/mol. The van der Waals surface area contributed by atoms with Crippen LogP contribution in [-0.4, -0.2) is 42.3 Å². The number of aromatic nitrogens is 2. The fourth-order valence-electron chi connectivity index (χ4n) is 5.32. The molecule has 3 aromatic rings. The average molecular weight is 492 g/mol. The third-order valence-corrected chi connectivity index (χ3v) is 7.91. The molecule has 10 heteroatoms. The van der Waals surface area contributed by atoms with Crippen molar-refractivity contribution < 1.29 is 14.3 Å². The summed E-state index contributed by atoms with van der Waals surface area (Å²) in [5.74, 6) is 1.28. The third-order valence-electron chi connectivity index (χ3n) is 6.81. The summed E-state index contributed by atoms with van der Waals surface area (Å²) in [4.78, 5) is 40.5. The van der Waals surface area contributed by atoms with Crippen LogP contribution in [0.5, 0.6) is 5.75 Å². The molecule has 0 spiro atoms. The highest BCUT2D eigenvalue weighted by Gasteiger charge is 2.40. The molecule has 0 radical (unpaired) electrons. The molecule has 8 nitrogen and oxygen atoms in total. The second-order valence-corrected chi connectivity index (χ2v) is 9.44. The Balaban J connectivity index is 0.00000259. The van der Waals surface area contributed by atoms with E-state index in [1.165, 1.54) is 28.9 Å². The molecule has 0 saturated carbocycles. The van der Waals surface area contributed by atoms with Crippen molar-refractivity contribution >= 4 is 39.9 Å². The van der Waals surface area contributed by atoms with Crippen LogP contribution in [0.15, 0.2) is 33.9 Å². The minimum Gasteiger partial charge on any atom is -0.496 e. The number of carbonyl (C=O) groups excluding carboxylic acids is 1. The molecule has 2 aliphatic rings. The summed E-state index contributed by atoms with van der Waals surface area (Å²) >= 11 is 1.04. The molecule has 3 atom stereocenters. The first-order valence-corrected chi connectivity index (χ1v) is 11.6. The predicted molar refractivity (Wildman–Crippen MR) is 129 cm³/mol. The molecule has 1 aliphatic heterocycles. The molecule has 2 aromatic heterocycles. The summed E-state index contributed by atoms with van der Waals surface area (Å²) in [5, 5.41) is 3.62. The number of halogens is 1. The van der Waals surface area contributed by atoms with Crippen LogP contribution in [0.3, 0.4) is 0 Å². The fourth-order valence-corrected chi connectivity index (χ4v) is 6.30. The van der Waals surface area contributed by atoms with Crippen LogP contribution in [0.2, 0.25) is 0 Å². The number of benzene rings is 1. The Kier molecular flexibility index (Phi) is 6.65. The van der Waals surface area contributed by atoms with Crippen LogP contribution in [0.4, 0.5) is 0 Å². The van der Waals surface area contributed by atoms with Crippen LogP contribution in [-0.2, 0) is 17.7 Å². The first-order valence-electron chi connectivity index (χ1n) is 10.8. The molecule has 176 valence electrons. The van der Waals surface area contributed by atoms with Gasteiger partial charge < -0.3 is 19.8 Å². The lowest BCUT2D eigenvalue weighted by molar-refractivity contribution is 0.0606. The van der Waals surface area contributed by atoms with Crippen molar-refractivity contribution in [1.82, 2.24) is 14.9 Å². The van der Waals surface area contributed by atoms with Crippen molar-refractivity contribution in [2.75, 3.05) is 20.8 Å². The number of nitrogens with zero attached hydrogens (tertiary/aromatic N) is 1. The second-order valence-electron chi connectivity index (χ2n) is 8.39. The summed E-state index contributed by atoms with van der Waals surface area (Å²) in [7, 11) is 2.99. The first kappa shape index (κ1) is 23.5. The highest BCUT2D eigenvalue weighted by Crippen LogP contribution is 2.45. The molecule has 1 unspecified atom stereocenters. The van der Waals surface area contributed by atoms with E-state index in [-0.39, 0.29) is 24.0 Å². The van der Waals surface area contributed by atoms with Crippen molar-refractivity contribution in [1.29, 1.82) is 0 Å². The van der Waals surface area contributed by atoms with Gasteiger partial charge in [0.2, 0.25) is 0 Å². The van der Waals surface area contributed by atoms with E-state index in [1.807, 2.05) is 12.1 Å². The lowest BCUT2D eigenvalue weighted by Crippen LogP contribution is -2.37. The average Bonchev–Trinajstić information content (AvgIpc) is 3.42. The van der Waals surface area contributed by atoms with Crippen LogP contribution in [0.25, 0.3) is 10.2 Å². The quantitative estimate of drug-likeness (QED) is 0.532. The van der Waals surface area contributed by atoms with E-state index in [9.17, 15) is 14.4 Å². The van der Waals surface area contributed by atoms with Crippen LogP contribution in [0.1, 0.15) is 39.6 Å². The van der Waals surface area contributed by atoms with E-state index in [2.05, 4.69) is 16.4 Å². The molecule has 5 rings (SSSR count). The number of methoxy groups -OCH3 is 2. The number of ether oxygens (including phenoxy) is 2. The summed E-state index contributed by atoms with van der Waals surface area (Å²) < 4.78 is 11.9. The van der Waals surface area contributed by atoms with Gasteiger partial charge in [0.25, 0.3) is 5.56 Å². The Labute approximate surface area is 200 Å². The highest BCUT2D eigenvalue weighted by molar-refractivity contribution is 7.20. The molecule has 33 heavy (non-hydrogen) atoms. The van der Waals surface area contributed by atoms with Gasteiger partial charge in [0, 0.05) is 18.5 Å². The minimum absolute atomic E-state index is 0. The number of fused-ring (bicyclic) bond motifs is 4. The smallest absolute Gasteiger partial charge is 0.348 e. The molecule has 0 amide bonds. The van der Waals surface area contributed by atoms with Gasteiger partial charge in [0.1, 0.15) is 15.3 Å². The fraction of sp³-hybridized carbons (Fsp3) is 0.435. The highest BCUT2D eigenvalue weighted by atomic mass is 35.5. The van der Waals surface area contributed by atoms with Gasteiger partial charge in [-0.3, -0.25) is 9.36 Å². The minimum atomic E-state index is -0.523. The van der Waals surface area contributed by atoms with Gasteiger partial charge >= 0.3 is 11.7 Å². The Morgan fingerprint density at radius 3 is 2.85 bits per heavy atom. The zero-order chi connectivity index (χ0) is 22.4. The van der Waals surface area contributed by atoms with E-state index >= 15 is 0 Å². The number of esters is 1. The van der Waals surface area contributed by atoms with Crippen molar-refractivity contribution in [3.8, 4) is 5.75 Å². The van der Waals surface area contributed by atoms with Crippen molar-refractivity contribution in [3.05, 3.63) is 61.1 Å². The summed E-state index contributed by atoms with van der Waals surface area (Å²) in [5.41, 5.74) is 2.12. The molecule has 3 heterocycles. The van der Waals surface area contributed by atoms with E-state index in [1.54, 1.807) is 7.11 Å². The van der Waals surface area contributed by atoms with Crippen LogP contribution >= 0.6 is 23.7 Å². The number of rotatable bonds is 5. The van der Waals surface area contributed by atoms with Gasteiger partial charge in [-0.05, 0) is 55.0 Å². The van der Waals surface area contributed by atoms with Crippen molar-refractivity contribution in [3.63, 3.8) is 0 Å². The number of nitrogens with one attached hydrogen (secondary N) is 2. The SMILES string of the molecule is COC(=O)c1cc2[nH]c(=O)n(CCC3NC[C@@H]4CCc5c(OC)cccc5[C@H]34)c(=O)c2s1.Cl. The topological polar surface area (TPSA) is 102 Å². The van der Waals surface area contributed by atoms with Gasteiger partial charge in [-0.1, -0.05) is 12.1 Å². The molecule has 1 aliphatic carbocycles. The van der Waals surface area contributed by atoms with Crippen molar-refractivity contribution in [2.45, 2.75) is 37.8 Å². The summed E-state index contributed by atoms with van der Waals surface area (Å²) in [6, 6.07) is 7.89. The van der Waals surface area contributed by atoms with E-state index in [0.29, 0.717) is 39.9 Å². The van der Waals surface area contributed by atoms with Gasteiger partial charge in [0.15, 0.2) is 0 Å². The maximum absolute atomic E-state index is 13.0. The Morgan fingerprint density at radius 1 is 1.27 bits per heavy atom. The molecular formula is C23H26ClN3O5S. The number of thiophene rings is 1. The van der Waals surface area contributed by atoms with Gasteiger partial charge in [0.05, 0.1) is 19.7 Å². The molecule has 0 bridgehead atoms. The summed E-state index contributed by atoms with van der Waals surface area (Å²) in [6.45, 7) is 1.24. The van der Waals surface area contributed by atoms with E-state index in [0.717, 1.165) is 36.5 Å². The molecule has 1 saturated heterocycles. The lowest BCUT2D eigenvalue weighted by Gasteiger charge is -2.32. The monoisotopic (exact) mass is 491 g/mol. The van der Waals surface area contributed by atoms with Gasteiger partial charge in [-0.2, -0.15) is 0 Å². The third kappa shape index (κ3) is 3.98. The Hall–Kier alpha value is -2.62. The zero-order valence-corrected chi connectivity index (χ0v) is 20.0. The normalized spacial score (nSPS) is 21.2. The second kappa shape index (κ2) is 9.32.